The number of nitrogens with zero attached hydrogens (tertiary/aromatic N) is 4. The van der Waals surface area contributed by atoms with E-state index in [0.717, 1.165) is 62.0 Å². The number of hydrogen-bond acceptors (Lipinski definition) is 6. The van der Waals surface area contributed by atoms with Crippen LogP contribution in [0.3, 0.4) is 0 Å². The third-order valence-electron chi connectivity index (χ3n) is 8.41. The molecule has 1 aliphatic heterocycles. The molecule has 42 heavy (non-hydrogen) atoms. The molecular formula is C35H40N4O3. The Hall–Kier alpha value is -4.10. The van der Waals surface area contributed by atoms with Gasteiger partial charge in [0.15, 0.2) is 0 Å². The summed E-state index contributed by atoms with van der Waals surface area (Å²) in [5.41, 5.74) is 2.57. The van der Waals surface area contributed by atoms with Crippen LogP contribution in [0.2, 0.25) is 0 Å². The molecule has 7 heteroatoms. The molecule has 218 valence electrons. The van der Waals surface area contributed by atoms with Gasteiger partial charge in [0, 0.05) is 32.7 Å². The van der Waals surface area contributed by atoms with E-state index < -0.39 is 0 Å². The Morgan fingerprint density at radius 2 is 1.50 bits per heavy atom. The second-order valence-corrected chi connectivity index (χ2v) is 11.4. The number of aromatic nitrogens is 2. The highest BCUT2D eigenvalue weighted by atomic mass is 16.5. The zero-order valence-electron chi connectivity index (χ0n) is 24.2. The second kappa shape index (κ2) is 13.7. The number of anilines is 1. The molecule has 0 amide bonds. The Morgan fingerprint density at radius 3 is 2.26 bits per heavy atom. The molecule has 0 unspecified atom stereocenters. The highest BCUT2D eigenvalue weighted by molar-refractivity contribution is 5.57. The van der Waals surface area contributed by atoms with Crippen molar-refractivity contribution in [1.29, 1.82) is 0 Å². The van der Waals surface area contributed by atoms with Crippen molar-refractivity contribution in [1.82, 2.24) is 14.7 Å². The van der Waals surface area contributed by atoms with Gasteiger partial charge in [0.25, 0.3) is 0 Å². The van der Waals surface area contributed by atoms with Gasteiger partial charge in [-0.05, 0) is 54.3 Å². The molecule has 1 aromatic heterocycles. The van der Waals surface area contributed by atoms with Crippen molar-refractivity contribution >= 4 is 5.69 Å². The SMILES string of the molecule is O=c1c(OCCC2CCCCC2)c(N2CCN(Cc3cccc(Oc4ccccc4)c3)CC2)cnn1-c1ccccc1. The van der Waals surface area contributed by atoms with Gasteiger partial charge >= 0.3 is 5.56 Å². The van der Waals surface area contributed by atoms with Crippen LogP contribution in [-0.2, 0) is 6.54 Å². The lowest BCUT2D eigenvalue weighted by atomic mass is 9.87. The van der Waals surface area contributed by atoms with Gasteiger partial charge in [0.1, 0.15) is 17.2 Å². The minimum Gasteiger partial charge on any atom is -0.486 e. The van der Waals surface area contributed by atoms with Gasteiger partial charge in [0.05, 0.1) is 18.5 Å². The lowest BCUT2D eigenvalue weighted by Crippen LogP contribution is -2.46. The van der Waals surface area contributed by atoms with Gasteiger partial charge in [0.2, 0.25) is 5.75 Å². The predicted octanol–water partition coefficient (Wildman–Crippen LogP) is 6.70. The lowest BCUT2D eigenvalue weighted by molar-refractivity contribution is 0.237. The normalized spacial score (nSPS) is 16.3. The Kier molecular flexibility index (Phi) is 9.15. The fourth-order valence-electron chi connectivity index (χ4n) is 6.08. The first-order valence-electron chi connectivity index (χ1n) is 15.3. The fraction of sp³-hybridized carbons (Fsp3) is 0.371. The molecule has 2 aliphatic rings. The molecule has 0 bridgehead atoms. The van der Waals surface area contributed by atoms with Crippen LogP contribution < -0.4 is 19.9 Å². The quantitative estimate of drug-likeness (QED) is 0.214. The average Bonchev–Trinajstić information content (AvgIpc) is 3.04. The molecule has 7 nitrogen and oxygen atoms in total. The summed E-state index contributed by atoms with van der Waals surface area (Å²) in [5.74, 6) is 2.80. The minimum absolute atomic E-state index is 0.194. The maximum atomic E-state index is 13.7. The molecule has 1 saturated heterocycles. The number of piperazine rings is 1. The summed E-state index contributed by atoms with van der Waals surface area (Å²) in [4.78, 5) is 18.4. The van der Waals surface area contributed by atoms with Crippen LogP contribution in [-0.4, -0.2) is 47.5 Å². The topological polar surface area (TPSA) is 59.8 Å². The van der Waals surface area contributed by atoms with E-state index in [1.165, 1.54) is 42.3 Å². The minimum atomic E-state index is -0.194. The largest absolute Gasteiger partial charge is 0.486 e. The van der Waals surface area contributed by atoms with Gasteiger partial charge < -0.3 is 14.4 Å². The van der Waals surface area contributed by atoms with Crippen LogP contribution >= 0.6 is 0 Å². The fourth-order valence-corrected chi connectivity index (χ4v) is 6.08. The molecule has 0 atom stereocenters. The van der Waals surface area contributed by atoms with Crippen molar-refractivity contribution in [3.8, 4) is 22.9 Å². The van der Waals surface area contributed by atoms with Crippen molar-refractivity contribution in [2.75, 3.05) is 37.7 Å². The molecule has 4 aromatic rings. The molecule has 0 radical (unpaired) electrons. The summed E-state index contributed by atoms with van der Waals surface area (Å²) in [5, 5.41) is 4.57. The van der Waals surface area contributed by atoms with Gasteiger partial charge in [-0.3, -0.25) is 9.69 Å². The maximum Gasteiger partial charge on any atom is 0.316 e. The zero-order valence-corrected chi connectivity index (χ0v) is 24.2. The van der Waals surface area contributed by atoms with Gasteiger partial charge in [-0.2, -0.15) is 9.78 Å². The summed E-state index contributed by atoms with van der Waals surface area (Å²) < 4.78 is 13.8. The van der Waals surface area contributed by atoms with E-state index >= 15 is 0 Å². The van der Waals surface area contributed by atoms with Gasteiger partial charge in [-0.25, -0.2) is 0 Å². The smallest absolute Gasteiger partial charge is 0.316 e. The van der Waals surface area contributed by atoms with E-state index in [1.807, 2.05) is 79.0 Å². The molecule has 2 heterocycles. The third kappa shape index (κ3) is 7.02. The second-order valence-electron chi connectivity index (χ2n) is 11.4. The van der Waals surface area contributed by atoms with Crippen molar-refractivity contribution in [3.63, 3.8) is 0 Å². The van der Waals surface area contributed by atoms with Crippen molar-refractivity contribution in [3.05, 3.63) is 107 Å². The van der Waals surface area contributed by atoms with E-state index in [2.05, 4.69) is 27.0 Å². The van der Waals surface area contributed by atoms with Gasteiger partial charge in [-0.1, -0.05) is 80.6 Å². The maximum absolute atomic E-state index is 13.7. The average molecular weight is 565 g/mol. The zero-order chi connectivity index (χ0) is 28.6. The summed E-state index contributed by atoms with van der Waals surface area (Å²) in [6, 6.07) is 27.8. The number of para-hydroxylation sites is 2. The van der Waals surface area contributed by atoms with Crippen molar-refractivity contribution < 1.29 is 9.47 Å². The van der Waals surface area contributed by atoms with Crippen molar-refractivity contribution in [2.24, 2.45) is 5.92 Å². The number of rotatable bonds is 10. The van der Waals surface area contributed by atoms with E-state index in [-0.39, 0.29) is 5.56 Å². The van der Waals surface area contributed by atoms with E-state index in [1.54, 1.807) is 0 Å². The summed E-state index contributed by atoms with van der Waals surface area (Å²) >= 11 is 0. The molecule has 0 spiro atoms. The van der Waals surface area contributed by atoms with E-state index in [9.17, 15) is 4.79 Å². The molecule has 1 aliphatic carbocycles. The van der Waals surface area contributed by atoms with Gasteiger partial charge in [-0.15, -0.1) is 0 Å². The standard InChI is InChI=1S/C35H40N4O3/c40-35-34(41-24-19-28-11-4-1-5-12-28)33(26-36-39(35)30-14-6-2-7-15-30)38-22-20-37(21-23-38)27-29-13-10-18-32(25-29)42-31-16-8-3-9-17-31/h2-3,6-10,13-18,25-26,28H,1,4-5,11-12,19-24,27H2. The van der Waals surface area contributed by atoms with Crippen LogP contribution in [0, 0.1) is 5.92 Å². The third-order valence-corrected chi connectivity index (χ3v) is 8.41. The molecule has 6 rings (SSSR count). The predicted molar refractivity (Wildman–Crippen MR) is 167 cm³/mol. The van der Waals surface area contributed by atoms with Crippen molar-refractivity contribution in [2.45, 2.75) is 45.1 Å². The highest BCUT2D eigenvalue weighted by Gasteiger charge is 2.24. The first-order valence-corrected chi connectivity index (χ1v) is 15.3. The number of benzene rings is 3. The molecule has 1 saturated carbocycles. The molecule has 3 aromatic carbocycles. The first kappa shape index (κ1) is 28.0. The van der Waals surface area contributed by atoms with Crippen LogP contribution in [0.1, 0.15) is 44.1 Å². The monoisotopic (exact) mass is 564 g/mol. The van der Waals surface area contributed by atoms with Crippen LogP contribution in [0.25, 0.3) is 5.69 Å². The lowest BCUT2D eigenvalue weighted by Gasteiger charge is -2.36. The Morgan fingerprint density at radius 1 is 0.786 bits per heavy atom. The first-order chi connectivity index (χ1) is 20.7. The van der Waals surface area contributed by atoms with Crippen LogP contribution in [0.4, 0.5) is 5.69 Å². The number of ether oxygens (including phenoxy) is 2. The van der Waals surface area contributed by atoms with Crippen LogP contribution in [0.5, 0.6) is 17.2 Å². The summed E-state index contributed by atoms with van der Waals surface area (Å²) in [6.07, 6.45) is 9.29. The number of hydrogen-bond donors (Lipinski definition) is 0. The van der Waals surface area contributed by atoms with E-state index in [0.29, 0.717) is 18.3 Å². The highest BCUT2D eigenvalue weighted by Crippen LogP contribution is 2.29. The molecule has 2 fully saturated rings. The summed E-state index contributed by atoms with van der Waals surface area (Å²) in [6.45, 7) is 4.77. The Bertz CT molecular complexity index is 1480. The summed E-state index contributed by atoms with van der Waals surface area (Å²) in [7, 11) is 0. The van der Waals surface area contributed by atoms with Crippen LogP contribution in [0.15, 0.2) is 95.9 Å². The Labute approximate surface area is 248 Å². The Balaban J connectivity index is 1.13. The molecular weight excluding hydrogens is 524 g/mol. The van der Waals surface area contributed by atoms with E-state index in [4.69, 9.17) is 9.47 Å². The molecule has 0 N–H and O–H groups in total.